The molecule has 0 amide bonds. The average molecular weight is 274 g/mol. The molecule has 5 heteroatoms. The average Bonchev–Trinajstić information content (AvgIpc) is 2.17. The zero-order valence-electron chi connectivity index (χ0n) is 8.53. The quantitative estimate of drug-likeness (QED) is 0.916. The van der Waals surface area contributed by atoms with E-state index in [2.05, 4.69) is 20.9 Å². The summed E-state index contributed by atoms with van der Waals surface area (Å²) in [4.78, 5) is 14.6. The molecule has 15 heavy (non-hydrogen) atoms. The third-order valence-corrected chi connectivity index (χ3v) is 2.74. The van der Waals surface area contributed by atoms with E-state index in [0.717, 1.165) is 10.0 Å². The van der Waals surface area contributed by atoms with Crippen LogP contribution in [-0.2, 0) is 4.79 Å². The molecule has 0 saturated heterocycles. The molecular weight excluding hydrogens is 262 g/mol. The van der Waals surface area contributed by atoms with Gasteiger partial charge in [-0.1, -0.05) is 6.92 Å². The number of halogens is 1. The van der Waals surface area contributed by atoms with Gasteiger partial charge >= 0.3 is 5.97 Å². The van der Waals surface area contributed by atoms with Crippen LogP contribution in [0.3, 0.4) is 0 Å². The molecule has 0 aliphatic carbocycles. The lowest BCUT2D eigenvalue weighted by Crippen LogP contribution is -2.04. The Hall–Kier alpha value is -1.10. The van der Waals surface area contributed by atoms with Crippen LogP contribution in [0.4, 0.5) is 0 Å². The van der Waals surface area contributed by atoms with Crippen molar-refractivity contribution in [3.63, 3.8) is 0 Å². The summed E-state index contributed by atoms with van der Waals surface area (Å²) in [5, 5.41) is 8.70. The van der Waals surface area contributed by atoms with Gasteiger partial charge in [0.25, 0.3) is 0 Å². The second-order valence-corrected chi connectivity index (χ2v) is 4.10. The minimum absolute atomic E-state index is 0.0752. The van der Waals surface area contributed by atoms with Crippen molar-refractivity contribution in [3.05, 3.63) is 22.3 Å². The number of hydrogen-bond donors (Lipinski definition) is 1. The van der Waals surface area contributed by atoms with Crippen LogP contribution in [0.1, 0.15) is 24.8 Å². The van der Waals surface area contributed by atoms with Gasteiger partial charge < -0.3 is 9.84 Å². The molecule has 1 atom stereocenters. The molecular formula is C10H12BrNO3. The van der Waals surface area contributed by atoms with Gasteiger partial charge in [-0.15, -0.1) is 0 Å². The molecule has 0 aliphatic heterocycles. The second kappa shape index (κ2) is 5.11. The van der Waals surface area contributed by atoms with Gasteiger partial charge in [0, 0.05) is 16.7 Å². The molecule has 1 aromatic rings. The Kier molecular flexibility index (Phi) is 4.08. The maximum absolute atomic E-state index is 10.6. The summed E-state index contributed by atoms with van der Waals surface area (Å²) in [6.07, 6.45) is 1.71. The summed E-state index contributed by atoms with van der Waals surface area (Å²) in [6.45, 7) is 1.85. The molecule has 1 unspecified atom stereocenters. The molecule has 0 aliphatic rings. The number of aromatic nitrogens is 1. The standard InChI is InChI=1S/C10H12BrNO3/c1-6(3-10(13)14)7-4-9(15-2)12-5-8(7)11/h4-6H,3H2,1-2H3,(H,13,14). The number of pyridine rings is 1. The number of carboxylic acid groups (broad SMARTS) is 1. The molecule has 1 heterocycles. The lowest BCUT2D eigenvalue weighted by atomic mass is 9.99. The molecule has 0 spiro atoms. The lowest BCUT2D eigenvalue weighted by molar-refractivity contribution is -0.137. The van der Waals surface area contributed by atoms with E-state index in [-0.39, 0.29) is 12.3 Å². The molecule has 82 valence electrons. The highest BCUT2D eigenvalue weighted by Crippen LogP contribution is 2.28. The number of methoxy groups -OCH3 is 1. The highest BCUT2D eigenvalue weighted by atomic mass is 79.9. The van der Waals surface area contributed by atoms with Crippen LogP contribution < -0.4 is 4.74 Å². The summed E-state index contributed by atoms with van der Waals surface area (Å²) in [5.74, 6) is -0.399. The maximum Gasteiger partial charge on any atom is 0.303 e. The number of ether oxygens (including phenoxy) is 1. The number of rotatable bonds is 4. The molecule has 0 radical (unpaired) electrons. The number of carbonyl (C=O) groups is 1. The van der Waals surface area contributed by atoms with Gasteiger partial charge in [-0.05, 0) is 27.4 Å². The summed E-state index contributed by atoms with van der Waals surface area (Å²) < 4.78 is 5.79. The molecule has 0 fully saturated rings. The zero-order valence-corrected chi connectivity index (χ0v) is 10.1. The Bertz CT molecular complexity index is 368. The third kappa shape index (κ3) is 3.20. The summed E-state index contributed by atoms with van der Waals surface area (Å²) in [5.41, 5.74) is 0.893. The topological polar surface area (TPSA) is 59.4 Å². The highest BCUT2D eigenvalue weighted by molar-refractivity contribution is 9.10. The Morgan fingerprint density at radius 2 is 2.40 bits per heavy atom. The van der Waals surface area contributed by atoms with Crippen LogP contribution in [0.25, 0.3) is 0 Å². The van der Waals surface area contributed by atoms with Gasteiger partial charge in [-0.3, -0.25) is 4.79 Å². The Balaban J connectivity index is 2.95. The molecule has 1 rings (SSSR count). The van der Waals surface area contributed by atoms with Gasteiger partial charge in [0.1, 0.15) is 0 Å². The van der Waals surface area contributed by atoms with E-state index in [1.165, 1.54) is 7.11 Å². The number of hydrogen-bond acceptors (Lipinski definition) is 3. The fourth-order valence-electron chi connectivity index (χ4n) is 1.30. The van der Waals surface area contributed by atoms with E-state index < -0.39 is 5.97 Å². The molecule has 1 aromatic heterocycles. The van der Waals surface area contributed by atoms with Crippen molar-refractivity contribution in [2.75, 3.05) is 7.11 Å². The van der Waals surface area contributed by atoms with Crippen LogP contribution in [0.2, 0.25) is 0 Å². The van der Waals surface area contributed by atoms with Crippen molar-refractivity contribution >= 4 is 21.9 Å². The fraction of sp³-hybridized carbons (Fsp3) is 0.400. The fourth-order valence-corrected chi connectivity index (χ4v) is 1.90. The minimum Gasteiger partial charge on any atom is -0.481 e. The smallest absolute Gasteiger partial charge is 0.303 e. The summed E-state index contributed by atoms with van der Waals surface area (Å²) in [6, 6.07) is 1.75. The first-order valence-electron chi connectivity index (χ1n) is 4.45. The van der Waals surface area contributed by atoms with Crippen molar-refractivity contribution in [1.82, 2.24) is 4.98 Å². The van der Waals surface area contributed by atoms with Gasteiger partial charge in [0.05, 0.1) is 13.5 Å². The normalized spacial score (nSPS) is 12.2. The van der Waals surface area contributed by atoms with Crippen molar-refractivity contribution < 1.29 is 14.6 Å². The third-order valence-electron chi connectivity index (χ3n) is 2.08. The van der Waals surface area contributed by atoms with Crippen molar-refractivity contribution in [3.8, 4) is 5.88 Å². The van der Waals surface area contributed by atoms with E-state index in [1.807, 2.05) is 6.92 Å². The lowest BCUT2D eigenvalue weighted by Gasteiger charge is -2.12. The molecule has 0 aromatic carbocycles. The van der Waals surface area contributed by atoms with Crippen LogP contribution >= 0.6 is 15.9 Å². The van der Waals surface area contributed by atoms with Crippen LogP contribution in [0, 0.1) is 0 Å². The molecule has 0 saturated carbocycles. The Morgan fingerprint density at radius 3 is 2.93 bits per heavy atom. The zero-order chi connectivity index (χ0) is 11.4. The summed E-state index contributed by atoms with van der Waals surface area (Å²) >= 11 is 3.34. The maximum atomic E-state index is 10.6. The van der Waals surface area contributed by atoms with Crippen molar-refractivity contribution in [2.45, 2.75) is 19.3 Å². The summed E-state index contributed by atoms with van der Waals surface area (Å²) in [7, 11) is 1.53. The largest absolute Gasteiger partial charge is 0.481 e. The van der Waals surface area contributed by atoms with Crippen LogP contribution in [0.5, 0.6) is 5.88 Å². The predicted molar refractivity (Wildman–Crippen MR) is 59.2 cm³/mol. The van der Waals surface area contributed by atoms with Gasteiger partial charge in [-0.25, -0.2) is 4.98 Å². The first kappa shape index (κ1) is 12.0. The highest BCUT2D eigenvalue weighted by Gasteiger charge is 2.14. The van der Waals surface area contributed by atoms with E-state index in [4.69, 9.17) is 9.84 Å². The SMILES string of the molecule is COc1cc(C(C)CC(=O)O)c(Br)cn1. The number of aliphatic carboxylic acids is 1. The van der Waals surface area contributed by atoms with Crippen molar-refractivity contribution in [2.24, 2.45) is 0 Å². The second-order valence-electron chi connectivity index (χ2n) is 3.25. The Labute approximate surface area is 96.4 Å². The first-order chi connectivity index (χ1) is 7.04. The van der Waals surface area contributed by atoms with Crippen LogP contribution in [-0.4, -0.2) is 23.2 Å². The van der Waals surface area contributed by atoms with Gasteiger partial charge in [-0.2, -0.15) is 0 Å². The molecule has 1 N–H and O–H groups in total. The van der Waals surface area contributed by atoms with E-state index in [1.54, 1.807) is 12.3 Å². The first-order valence-corrected chi connectivity index (χ1v) is 5.25. The molecule has 4 nitrogen and oxygen atoms in total. The monoisotopic (exact) mass is 273 g/mol. The Morgan fingerprint density at radius 1 is 1.73 bits per heavy atom. The van der Waals surface area contributed by atoms with Crippen molar-refractivity contribution in [1.29, 1.82) is 0 Å². The minimum atomic E-state index is -0.815. The van der Waals surface area contributed by atoms with Gasteiger partial charge in [0.15, 0.2) is 0 Å². The molecule has 0 bridgehead atoms. The van der Waals surface area contributed by atoms with E-state index in [0.29, 0.717) is 5.88 Å². The number of carboxylic acids is 1. The van der Waals surface area contributed by atoms with Crippen LogP contribution in [0.15, 0.2) is 16.7 Å². The predicted octanol–water partition coefficient (Wildman–Crippen LogP) is 2.43. The number of nitrogens with zero attached hydrogens (tertiary/aromatic N) is 1. The van der Waals surface area contributed by atoms with E-state index >= 15 is 0 Å². The van der Waals surface area contributed by atoms with Gasteiger partial charge in [0.2, 0.25) is 5.88 Å². The van der Waals surface area contributed by atoms with E-state index in [9.17, 15) is 4.79 Å².